The zero-order valence-corrected chi connectivity index (χ0v) is 46.8. The number of halogens is 5. The van der Waals surface area contributed by atoms with Gasteiger partial charge in [-0.15, -0.1) is 12.4 Å². The van der Waals surface area contributed by atoms with E-state index in [4.69, 9.17) is 14.6 Å². The average Bonchev–Trinajstić information content (AvgIpc) is 4.22. The van der Waals surface area contributed by atoms with Gasteiger partial charge in [0, 0.05) is 68.8 Å². The third-order valence-electron chi connectivity index (χ3n) is 11.8. The summed E-state index contributed by atoms with van der Waals surface area (Å²) in [5, 5.41) is 26.5. The van der Waals surface area contributed by atoms with Gasteiger partial charge in [-0.1, -0.05) is 12.1 Å². The van der Waals surface area contributed by atoms with Gasteiger partial charge in [-0.3, -0.25) is 38.1 Å². The third kappa shape index (κ3) is 15.3. The second kappa shape index (κ2) is 26.6. The zero-order valence-electron chi connectivity index (χ0n) is 42.8. The average molecular weight is 1250 g/mol. The zero-order chi connectivity index (χ0) is 56.5. The predicted octanol–water partition coefficient (Wildman–Crippen LogP) is 7.98. The van der Waals surface area contributed by atoms with E-state index in [1.807, 2.05) is 13.8 Å². The Bertz CT molecular complexity index is 3600. The van der Waals surface area contributed by atoms with E-state index < -0.39 is 42.2 Å². The van der Waals surface area contributed by atoms with Crippen LogP contribution in [0, 0.1) is 13.8 Å². The minimum atomic E-state index is -1.36. The molecule has 2 fully saturated rings. The van der Waals surface area contributed by atoms with Crippen LogP contribution in [-0.2, 0) is 32.3 Å². The van der Waals surface area contributed by atoms with Gasteiger partial charge in [0.15, 0.2) is 11.6 Å². The highest BCUT2D eigenvalue weighted by atomic mass is 79.9. The van der Waals surface area contributed by atoms with Crippen LogP contribution in [0.4, 0.5) is 20.4 Å². The second-order valence-corrected chi connectivity index (χ2v) is 19.6. The number of fused-ring (bicyclic) bond motifs is 2. The van der Waals surface area contributed by atoms with Gasteiger partial charge < -0.3 is 35.4 Å². The highest BCUT2D eigenvalue weighted by Crippen LogP contribution is 2.30. The molecule has 0 radical (unpaired) electrons. The van der Waals surface area contributed by atoms with Crippen molar-refractivity contribution in [1.82, 2.24) is 59.7 Å². The van der Waals surface area contributed by atoms with E-state index >= 15 is 0 Å². The first-order valence-corrected chi connectivity index (χ1v) is 25.7. The van der Waals surface area contributed by atoms with E-state index in [1.54, 1.807) is 97.6 Å². The number of carboxylic acid groups (broad SMARTS) is 1. The van der Waals surface area contributed by atoms with Crippen LogP contribution in [0.1, 0.15) is 58.8 Å². The van der Waals surface area contributed by atoms with Crippen molar-refractivity contribution >= 4 is 113 Å². The third-order valence-corrected chi connectivity index (χ3v) is 12.7. The molecule has 0 saturated carbocycles. The lowest BCUT2D eigenvalue weighted by atomic mass is 10.1. The molecule has 2 aliphatic rings. The molecule has 0 aliphatic carbocycles. The Labute approximate surface area is 477 Å². The van der Waals surface area contributed by atoms with Crippen molar-refractivity contribution in [2.75, 3.05) is 23.7 Å². The Kier molecular flexibility index (Phi) is 19.7. The summed E-state index contributed by atoms with van der Waals surface area (Å²) in [6.07, 6.45) is 4.30. The van der Waals surface area contributed by atoms with E-state index in [-0.39, 0.29) is 98.1 Å². The first-order chi connectivity index (χ1) is 37.8. The van der Waals surface area contributed by atoms with Crippen LogP contribution in [0.3, 0.4) is 0 Å². The van der Waals surface area contributed by atoms with Crippen molar-refractivity contribution in [3.8, 4) is 23.5 Å². The molecule has 4 atom stereocenters. The van der Waals surface area contributed by atoms with Crippen LogP contribution in [0.15, 0.2) is 107 Å². The number of ether oxygens (including phenoxy) is 2. The summed E-state index contributed by atoms with van der Waals surface area (Å²) < 4.78 is 42.4. The Morgan fingerprint density at radius 1 is 0.675 bits per heavy atom. The van der Waals surface area contributed by atoms with Crippen LogP contribution in [-0.4, -0.2) is 132 Å². The SMILES string of the molecule is CC(=O)c1nn(CC(=O)N2C[C@H](F)C[C@H]2C(=O)Nc2cccc(Br)n2)c2ccc(Oc3ncc(C)cn3)cc12.CC(=O)c1nn(CC(=O)O)c2ccc(Oc3ncc(C)cn3)cc12.Cl.O=C(Nc1cccc(Br)n1)[C@@H]1C[C@@H](F)CN1. The number of hydrogen-bond donors (Lipinski definition) is 4. The maximum Gasteiger partial charge on any atom is 0.325 e. The number of amides is 3. The Balaban J connectivity index is 0.000000191. The molecular formula is C52H49Br2ClF2N14O9. The lowest BCUT2D eigenvalue weighted by molar-refractivity contribution is -0.138. The Morgan fingerprint density at radius 2 is 1.15 bits per heavy atom. The fraction of sp³-hybridized carbons (Fsp3) is 0.269. The molecule has 2 aromatic carbocycles. The molecule has 28 heteroatoms. The monoisotopic (exact) mass is 1240 g/mol. The van der Waals surface area contributed by atoms with Gasteiger partial charge in [0.25, 0.3) is 0 Å². The molecule has 2 aliphatic heterocycles. The first-order valence-electron chi connectivity index (χ1n) is 24.1. The number of nitrogens with zero attached hydrogens (tertiary/aromatic N) is 11. The highest BCUT2D eigenvalue weighted by molar-refractivity contribution is 9.10. The number of nitrogens with one attached hydrogen (secondary N) is 3. The molecule has 23 nitrogen and oxygen atoms in total. The Morgan fingerprint density at radius 3 is 1.59 bits per heavy atom. The lowest BCUT2D eigenvalue weighted by Crippen LogP contribution is -2.44. The van der Waals surface area contributed by atoms with Gasteiger partial charge in [0.05, 0.1) is 23.6 Å². The van der Waals surface area contributed by atoms with E-state index in [0.29, 0.717) is 48.3 Å². The smallest absolute Gasteiger partial charge is 0.325 e. The molecule has 4 N–H and O–H groups in total. The van der Waals surface area contributed by atoms with E-state index in [9.17, 15) is 37.5 Å². The molecule has 2 saturated heterocycles. The van der Waals surface area contributed by atoms with Gasteiger partial charge in [-0.25, -0.2) is 38.7 Å². The largest absolute Gasteiger partial charge is 0.480 e. The molecule has 416 valence electrons. The van der Waals surface area contributed by atoms with Gasteiger partial charge in [0.1, 0.15) is 75.2 Å². The second-order valence-electron chi connectivity index (χ2n) is 18.0. The maximum absolute atomic E-state index is 14.4. The fourth-order valence-electron chi connectivity index (χ4n) is 8.21. The van der Waals surface area contributed by atoms with E-state index in [0.717, 1.165) is 11.1 Å². The summed E-state index contributed by atoms with van der Waals surface area (Å²) in [5.41, 5.74) is 3.17. The van der Waals surface area contributed by atoms with Crippen molar-refractivity contribution in [1.29, 1.82) is 0 Å². The Hall–Kier alpha value is -8.27. The number of hydrogen-bond acceptors (Lipinski definition) is 17. The summed E-state index contributed by atoms with van der Waals surface area (Å²) in [6, 6.07) is 18.9. The van der Waals surface area contributed by atoms with Crippen molar-refractivity contribution in [3.05, 3.63) is 129 Å². The summed E-state index contributed by atoms with van der Waals surface area (Å²) >= 11 is 6.44. The molecule has 0 unspecified atom stereocenters. The number of anilines is 2. The predicted molar refractivity (Wildman–Crippen MR) is 295 cm³/mol. The number of carbonyl (C=O) groups is 6. The quantitative estimate of drug-likeness (QED) is 0.0592. The number of aromatic nitrogens is 10. The lowest BCUT2D eigenvalue weighted by Gasteiger charge is -2.23. The van der Waals surface area contributed by atoms with Crippen molar-refractivity contribution < 1.29 is 52.1 Å². The number of rotatable bonds is 14. The molecule has 0 bridgehead atoms. The van der Waals surface area contributed by atoms with Gasteiger partial charge in [-0.05, 0) is 117 Å². The van der Waals surface area contributed by atoms with E-state index in [2.05, 4.69) is 87.9 Å². The normalized spacial score (nSPS) is 16.3. The number of Topliss-reactive ketones (excluding diaryl/α,β-unsaturated/α-hetero) is 2. The molecule has 3 amide bonds. The summed E-state index contributed by atoms with van der Waals surface area (Å²) in [6.45, 7) is 5.86. The van der Waals surface area contributed by atoms with E-state index in [1.165, 1.54) is 28.1 Å². The highest BCUT2D eigenvalue weighted by Gasteiger charge is 2.40. The van der Waals surface area contributed by atoms with Crippen LogP contribution >= 0.6 is 44.3 Å². The number of carbonyl (C=O) groups excluding carboxylic acids is 5. The molecule has 80 heavy (non-hydrogen) atoms. The number of aryl methyl sites for hydroxylation is 2. The van der Waals surface area contributed by atoms with Gasteiger partial charge >= 0.3 is 18.0 Å². The number of carboxylic acids is 1. The van der Waals surface area contributed by atoms with Gasteiger partial charge in [0.2, 0.25) is 17.7 Å². The van der Waals surface area contributed by atoms with Crippen LogP contribution < -0.4 is 25.4 Å². The summed E-state index contributed by atoms with van der Waals surface area (Å²) in [5.74, 6) is -1.33. The summed E-state index contributed by atoms with van der Waals surface area (Å²) in [4.78, 5) is 98.8. The number of ketones is 2. The minimum Gasteiger partial charge on any atom is -0.480 e. The van der Waals surface area contributed by atoms with Crippen LogP contribution in [0.25, 0.3) is 21.8 Å². The van der Waals surface area contributed by atoms with Crippen LogP contribution in [0.2, 0.25) is 0 Å². The molecule has 10 rings (SSSR count). The van der Waals surface area contributed by atoms with Gasteiger partial charge in [-0.2, -0.15) is 10.2 Å². The molecule has 8 heterocycles. The summed E-state index contributed by atoms with van der Waals surface area (Å²) in [7, 11) is 0. The molecule has 8 aromatic rings. The molecule has 0 spiro atoms. The topological polar surface area (TPSA) is 293 Å². The standard InChI is InChI=1S/C26H23BrFN7O4.C16H14N4O4.C10H11BrFN3O.ClH/c1-14-10-29-26(30-11-14)39-17-6-7-19-18(9-17)24(15(2)36)33-35(19)13-23(37)34-12-16(28)8-20(34)25(38)32-22-5-3-4-21(27)31-22;1-9-6-17-16(18-7-9)24-11-3-4-13-12(5-11)15(10(2)21)19-20(13)8-14(22)23;11-8-2-1-3-9(14-8)15-10(16)7-4-6(12)5-13-7;/h3-7,9-11,16,20H,8,12-13H2,1-2H3,(H,31,32,38);3-7H,8H2,1-2H3,(H,22,23);1-3,6-7,13H,4-5H2,(H,14,15,16);1H/t16-,20+;;6-,7+;/m1.1./s1. The molecule has 6 aromatic heterocycles. The van der Waals surface area contributed by atoms with Crippen molar-refractivity contribution in [3.63, 3.8) is 0 Å². The number of likely N-dealkylation sites (tertiary alicyclic amines) is 1. The number of pyridine rings is 2. The van der Waals surface area contributed by atoms with Crippen LogP contribution in [0.5, 0.6) is 23.5 Å². The molecular weight excluding hydrogens is 1200 g/mol. The maximum atomic E-state index is 14.4. The number of aliphatic carboxylic acids is 1. The number of benzene rings is 2. The minimum absolute atomic E-state index is 0. The van der Waals surface area contributed by atoms with Crippen molar-refractivity contribution in [2.45, 2.75) is 78.1 Å². The first kappa shape index (κ1) is 59.4. The number of alkyl halides is 2. The fourth-order valence-corrected chi connectivity index (χ4v) is 8.90. The van der Waals surface area contributed by atoms with Crippen molar-refractivity contribution in [2.24, 2.45) is 0 Å².